The van der Waals surface area contributed by atoms with E-state index in [4.69, 9.17) is 16.3 Å². The summed E-state index contributed by atoms with van der Waals surface area (Å²) < 4.78 is 10.4. The third kappa shape index (κ3) is 6.31. The number of carbonyl (C=O) groups is 4. The molecule has 230 valence electrons. The number of amides is 4. The van der Waals surface area contributed by atoms with E-state index in [1.54, 1.807) is 59.8 Å². The molecule has 2 atom stereocenters. The van der Waals surface area contributed by atoms with Gasteiger partial charge in [-0.05, 0) is 53.6 Å². The number of aromatic amines is 1. The van der Waals surface area contributed by atoms with E-state index in [9.17, 15) is 19.2 Å². The van der Waals surface area contributed by atoms with Crippen LogP contribution in [0.25, 0.3) is 11.1 Å². The Labute approximate surface area is 263 Å². The number of ether oxygens (including phenoxy) is 2. The second-order valence-electron chi connectivity index (χ2n) is 10.8. The first-order valence-corrected chi connectivity index (χ1v) is 14.5. The molecule has 45 heavy (non-hydrogen) atoms. The smallest absolute Gasteiger partial charge is 0.412 e. The number of benzene rings is 3. The van der Waals surface area contributed by atoms with Crippen LogP contribution in [0.15, 0.2) is 79.1 Å². The third-order valence-electron chi connectivity index (χ3n) is 7.95. The van der Waals surface area contributed by atoms with Crippen LogP contribution in [0.4, 0.5) is 21.0 Å². The van der Waals surface area contributed by atoms with Gasteiger partial charge in [0.2, 0.25) is 5.91 Å². The number of hydrogen-bond donors (Lipinski definition) is 4. The van der Waals surface area contributed by atoms with Crippen LogP contribution >= 0.6 is 11.6 Å². The Kier molecular flexibility index (Phi) is 8.14. The van der Waals surface area contributed by atoms with Crippen LogP contribution in [-0.2, 0) is 26.3 Å². The van der Waals surface area contributed by atoms with Gasteiger partial charge in [-0.25, -0.2) is 9.59 Å². The molecule has 4 amide bonds. The first-order valence-electron chi connectivity index (χ1n) is 14.2. The average Bonchev–Trinajstić information content (AvgIpc) is 3.73. The Hall–Kier alpha value is -5.36. The van der Waals surface area contributed by atoms with Gasteiger partial charge in [0.25, 0.3) is 5.91 Å². The maximum atomic E-state index is 14.1. The fourth-order valence-corrected chi connectivity index (χ4v) is 5.83. The van der Waals surface area contributed by atoms with Crippen molar-refractivity contribution in [3.63, 3.8) is 0 Å². The predicted octanol–water partition coefficient (Wildman–Crippen LogP) is 4.94. The predicted molar refractivity (Wildman–Crippen MR) is 166 cm³/mol. The number of halogens is 1. The van der Waals surface area contributed by atoms with E-state index in [0.29, 0.717) is 40.5 Å². The van der Waals surface area contributed by atoms with E-state index in [2.05, 4.69) is 30.9 Å². The van der Waals surface area contributed by atoms with Gasteiger partial charge in [-0.3, -0.25) is 25.3 Å². The second-order valence-corrected chi connectivity index (χ2v) is 11.3. The van der Waals surface area contributed by atoms with E-state index >= 15 is 0 Å². The molecule has 0 saturated carbocycles. The highest BCUT2D eigenvalue weighted by atomic mass is 35.5. The van der Waals surface area contributed by atoms with Gasteiger partial charge in [0.15, 0.2) is 5.60 Å². The molecule has 1 fully saturated rings. The quantitative estimate of drug-likeness (QED) is 0.226. The fraction of sp³-hybridized carbons (Fsp3) is 0.219. The van der Waals surface area contributed by atoms with Crippen molar-refractivity contribution in [2.45, 2.75) is 24.5 Å². The Balaban J connectivity index is 1.24. The Morgan fingerprint density at radius 1 is 1.09 bits per heavy atom. The Morgan fingerprint density at radius 2 is 1.87 bits per heavy atom. The molecule has 6 rings (SSSR count). The van der Waals surface area contributed by atoms with Crippen molar-refractivity contribution in [3.8, 4) is 11.1 Å². The lowest BCUT2D eigenvalue weighted by molar-refractivity contribution is -0.133. The van der Waals surface area contributed by atoms with Crippen molar-refractivity contribution < 1.29 is 28.7 Å². The number of anilines is 2. The van der Waals surface area contributed by atoms with Gasteiger partial charge in [0.1, 0.15) is 6.04 Å². The van der Waals surface area contributed by atoms with E-state index in [0.717, 1.165) is 16.7 Å². The molecule has 2 aliphatic rings. The number of nitrogens with zero attached hydrogens (tertiary/aromatic N) is 2. The number of fused-ring (bicyclic) bond motifs is 2. The summed E-state index contributed by atoms with van der Waals surface area (Å²) in [5.41, 5.74) is 3.66. The van der Waals surface area contributed by atoms with Gasteiger partial charge in [-0.1, -0.05) is 35.9 Å². The van der Waals surface area contributed by atoms with Gasteiger partial charge < -0.3 is 19.7 Å². The highest BCUT2D eigenvalue weighted by molar-refractivity contribution is 6.30. The molecule has 12 nitrogen and oxygen atoms in total. The Morgan fingerprint density at radius 3 is 2.58 bits per heavy atom. The van der Waals surface area contributed by atoms with Gasteiger partial charge in [-0.2, -0.15) is 5.10 Å². The molecule has 0 radical (unpaired) electrons. The minimum absolute atomic E-state index is 0.103. The summed E-state index contributed by atoms with van der Waals surface area (Å²) in [6.45, 7) is 0.407. The summed E-state index contributed by atoms with van der Waals surface area (Å²) in [5, 5.41) is 15.4. The van der Waals surface area contributed by atoms with Crippen LogP contribution in [-0.4, -0.2) is 65.3 Å². The number of likely N-dealkylation sites (tertiary alicyclic amines) is 1. The summed E-state index contributed by atoms with van der Waals surface area (Å²) in [4.78, 5) is 53.1. The molecule has 1 aromatic heterocycles. The first-order chi connectivity index (χ1) is 21.7. The maximum absolute atomic E-state index is 14.1. The molecule has 0 aliphatic carbocycles. The topological polar surface area (TPSA) is 155 Å². The van der Waals surface area contributed by atoms with E-state index in [1.807, 2.05) is 24.3 Å². The summed E-state index contributed by atoms with van der Waals surface area (Å²) in [6.07, 6.45) is 2.85. The normalized spacial score (nSPS) is 17.6. The molecule has 13 heteroatoms. The molecule has 3 aromatic carbocycles. The molecule has 3 heterocycles. The number of nitrogens with one attached hydrogen (secondary N) is 4. The molecule has 4 aromatic rings. The molecule has 0 bridgehead atoms. The number of rotatable bonds is 7. The van der Waals surface area contributed by atoms with Gasteiger partial charge >= 0.3 is 12.2 Å². The molecule has 0 unspecified atom stereocenters. The summed E-state index contributed by atoms with van der Waals surface area (Å²) in [6, 6.07) is 18.1. The molecule has 1 saturated heterocycles. The van der Waals surface area contributed by atoms with Crippen LogP contribution in [0.5, 0.6) is 0 Å². The largest absolute Gasteiger partial charge is 0.453 e. The van der Waals surface area contributed by atoms with Gasteiger partial charge in [-0.15, -0.1) is 0 Å². The molecule has 2 aliphatic heterocycles. The van der Waals surface area contributed by atoms with E-state index < -0.39 is 29.7 Å². The van der Waals surface area contributed by atoms with Crippen molar-refractivity contribution in [1.82, 2.24) is 20.4 Å². The van der Waals surface area contributed by atoms with Crippen LogP contribution in [0.2, 0.25) is 5.02 Å². The van der Waals surface area contributed by atoms with Gasteiger partial charge in [0, 0.05) is 53.0 Å². The van der Waals surface area contributed by atoms with Crippen molar-refractivity contribution in [3.05, 3.63) is 101 Å². The number of H-pyrrole nitrogens is 1. The zero-order valence-corrected chi connectivity index (χ0v) is 24.9. The lowest BCUT2D eigenvalue weighted by atomic mass is 9.90. The van der Waals surface area contributed by atoms with Crippen LogP contribution < -0.4 is 16.0 Å². The second kappa shape index (κ2) is 12.3. The molecular formula is C32H29ClN6O6. The Bertz CT molecular complexity index is 1740. The number of hydrogen-bond acceptors (Lipinski definition) is 7. The van der Waals surface area contributed by atoms with Gasteiger partial charge in [0.05, 0.1) is 25.5 Å². The minimum atomic E-state index is -1.07. The zero-order chi connectivity index (χ0) is 31.6. The monoisotopic (exact) mass is 628 g/mol. The molecular weight excluding hydrogens is 600 g/mol. The summed E-state index contributed by atoms with van der Waals surface area (Å²) in [5.74, 6) is -0.784. The lowest BCUT2D eigenvalue weighted by Gasteiger charge is -2.35. The third-order valence-corrected chi connectivity index (χ3v) is 8.18. The number of methoxy groups -OCH3 is 1. The molecule has 1 spiro atoms. The van der Waals surface area contributed by atoms with Crippen LogP contribution in [0.1, 0.15) is 27.9 Å². The molecule has 4 N–H and O–H groups in total. The average molecular weight is 629 g/mol. The number of carbonyl (C=O) groups excluding carboxylic acids is 4. The van der Waals surface area contributed by atoms with Crippen molar-refractivity contribution in [2.75, 3.05) is 30.8 Å². The highest BCUT2D eigenvalue weighted by Crippen LogP contribution is 2.44. The first kappa shape index (κ1) is 29.7. The fourth-order valence-electron chi connectivity index (χ4n) is 5.66. The van der Waals surface area contributed by atoms with Crippen LogP contribution in [0.3, 0.4) is 0 Å². The van der Waals surface area contributed by atoms with Crippen LogP contribution in [0, 0.1) is 0 Å². The summed E-state index contributed by atoms with van der Waals surface area (Å²) in [7, 11) is 1.25. The van der Waals surface area contributed by atoms with E-state index in [1.165, 1.54) is 7.11 Å². The standard InChI is InChI=1S/C32H29ClN6O6/c1-44-30(42)36-24-9-6-21(7-10-24)28(40)37-27(14-19-2-4-20(5-3-19)22-16-34-35-17-22)29(41)39-13-12-32(18-39)25-15-23(33)8-11-26(25)38-31(43)45-32/h2-11,15-17,27H,12-14,18H2,1H3,(H,34,35)(H,36,42)(H,37,40)(H,38,43)/t27-,32-/m0/s1. The lowest BCUT2D eigenvalue weighted by Crippen LogP contribution is -2.50. The van der Waals surface area contributed by atoms with Crippen molar-refractivity contribution in [1.29, 1.82) is 0 Å². The van der Waals surface area contributed by atoms with Crippen molar-refractivity contribution >= 4 is 47.0 Å². The number of aromatic nitrogens is 2. The zero-order valence-electron chi connectivity index (χ0n) is 24.1. The van der Waals surface area contributed by atoms with Crippen molar-refractivity contribution in [2.24, 2.45) is 0 Å². The minimum Gasteiger partial charge on any atom is -0.453 e. The SMILES string of the molecule is COC(=O)Nc1ccc(C(=O)N[C@@H](Cc2ccc(-c3cn[nH]c3)cc2)C(=O)N2CC[C@@]3(C2)OC(=O)Nc2ccc(Cl)cc23)cc1. The maximum Gasteiger partial charge on any atom is 0.412 e. The van der Waals surface area contributed by atoms with E-state index in [-0.39, 0.29) is 18.9 Å². The summed E-state index contributed by atoms with van der Waals surface area (Å²) >= 11 is 6.29. The highest BCUT2D eigenvalue weighted by Gasteiger charge is 2.49.